The fourth-order valence-electron chi connectivity index (χ4n) is 3.17. The Morgan fingerprint density at radius 1 is 1.18 bits per heavy atom. The second kappa shape index (κ2) is 10.3. The second-order valence-corrected chi connectivity index (χ2v) is 8.00. The molecule has 0 atom stereocenters. The molecule has 9 heteroatoms. The van der Waals surface area contributed by atoms with Crippen molar-refractivity contribution in [2.24, 2.45) is 0 Å². The maximum Gasteiger partial charge on any atom is 0.343 e. The lowest BCUT2D eigenvalue weighted by Crippen LogP contribution is -2.54. The third-order valence-electron chi connectivity index (χ3n) is 4.77. The van der Waals surface area contributed by atoms with Crippen molar-refractivity contribution in [3.8, 4) is 5.75 Å². The lowest BCUT2D eigenvalue weighted by molar-refractivity contribution is -0.143. The molecule has 1 aliphatic heterocycles. The molecule has 8 nitrogen and oxygen atoms in total. The molecule has 1 saturated heterocycles. The Morgan fingerprint density at radius 3 is 2.52 bits per heavy atom. The number of ether oxygens (including phenoxy) is 2. The topological polar surface area (TPSA) is 102 Å². The van der Waals surface area contributed by atoms with Crippen LogP contribution in [-0.2, 0) is 25.5 Å². The van der Waals surface area contributed by atoms with Crippen molar-refractivity contribution in [2.75, 3.05) is 18.6 Å². The van der Waals surface area contributed by atoms with Crippen LogP contribution < -0.4 is 15.0 Å². The van der Waals surface area contributed by atoms with Crippen LogP contribution >= 0.6 is 15.9 Å². The molecule has 1 fully saturated rings. The van der Waals surface area contributed by atoms with Gasteiger partial charge in [-0.2, -0.15) is 0 Å². The largest absolute Gasteiger partial charge is 0.480 e. The van der Waals surface area contributed by atoms with Crippen LogP contribution in [0.25, 0.3) is 6.08 Å². The van der Waals surface area contributed by atoms with Gasteiger partial charge in [-0.3, -0.25) is 14.9 Å². The molecule has 170 valence electrons. The number of rotatable bonds is 7. The van der Waals surface area contributed by atoms with E-state index in [1.54, 1.807) is 42.5 Å². The van der Waals surface area contributed by atoms with E-state index in [0.717, 1.165) is 10.5 Å². The van der Waals surface area contributed by atoms with Crippen molar-refractivity contribution >= 4 is 51.5 Å². The van der Waals surface area contributed by atoms with Crippen molar-refractivity contribution in [3.05, 3.63) is 75.8 Å². The fourth-order valence-corrected chi connectivity index (χ4v) is 3.80. The van der Waals surface area contributed by atoms with Crippen LogP contribution in [0.1, 0.15) is 16.7 Å². The van der Waals surface area contributed by atoms with Crippen molar-refractivity contribution in [1.82, 2.24) is 5.32 Å². The number of amides is 4. The second-order valence-electron chi connectivity index (χ2n) is 7.14. The minimum Gasteiger partial charge on any atom is -0.480 e. The van der Waals surface area contributed by atoms with E-state index in [-0.39, 0.29) is 12.2 Å². The normalized spacial score (nSPS) is 14.8. The first-order valence-electron chi connectivity index (χ1n) is 9.86. The van der Waals surface area contributed by atoms with Gasteiger partial charge in [0.2, 0.25) is 0 Å². The number of anilines is 1. The van der Waals surface area contributed by atoms with Crippen LogP contribution in [0.2, 0.25) is 0 Å². The number of benzene rings is 2. The van der Waals surface area contributed by atoms with Gasteiger partial charge in [-0.05, 0) is 70.7 Å². The summed E-state index contributed by atoms with van der Waals surface area (Å²) in [5.74, 6) is -1.65. The minimum atomic E-state index is -0.814. The summed E-state index contributed by atoms with van der Waals surface area (Å²) < 4.78 is 10.7. The predicted octanol–water partition coefficient (Wildman–Crippen LogP) is 3.70. The third kappa shape index (κ3) is 5.38. The summed E-state index contributed by atoms with van der Waals surface area (Å²) >= 11 is 3.41. The number of methoxy groups -OCH3 is 1. The van der Waals surface area contributed by atoms with E-state index in [4.69, 9.17) is 4.74 Å². The molecule has 0 unspecified atom stereocenters. The first kappa shape index (κ1) is 23.9. The Hall–Kier alpha value is -3.72. The van der Waals surface area contributed by atoms with Gasteiger partial charge in [0.05, 0.1) is 17.3 Å². The highest BCUT2D eigenvalue weighted by molar-refractivity contribution is 9.10. The number of halogens is 1. The Bertz CT molecular complexity index is 1170. The summed E-state index contributed by atoms with van der Waals surface area (Å²) in [6.07, 6.45) is 3.45. The van der Waals surface area contributed by atoms with Crippen molar-refractivity contribution < 1.29 is 28.7 Å². The molecule has 0 radical (unpaired) electrons. The highest BCUT2D eigenvalue weighted by atomic mass is 79.9. The van der Waals surface area contributed by atoms with E-state index in [0.29, 0.717) is 33.5 Å². The first-order valence-corrected chi connectivity index (χ1v) is 10.7. The number of nitrogens with one attached hydrogen (secondary N) is 1. The Balaban J connectivity index is 1.99. The van der Waals surface area contributed by atoms with Gasteiger partial charge in [0.25, 0.3) is 11.8 Å². The molecule has 0 saturated carbocycles. The Kier molecular flexibility index (Phi) is 7.44. The van der Waals surface area contributed by atoms with Gasteiger partial charge in [-0.1, -0.05) is 23.8 Å². The summed E-state index contributed by atoms with van der Waals surface area (Å²) in [7, 11) is 1.26. The van der Waals surface area contributed by atoms with E-state index >= 15 is 0 Å². The summed E-state index contributed by atoms with van der Waals surface area (Å²) in [5, 5.41) is 2.20. The summed E-state index contributed by atoms with van der Waals surface area (Å²) in [4.78, 5) is 50.3. The number of nitrogens with zero attached hydrogens (tertiary/aromatic N) is 1. The molecule has 0 aliphatic carbocycles. The lowest BCUT2D eigenvalue weighted by Gasteiger charge is -2.26. The average molecular weight is 513 g/mol. The molecule has 0 spiro atoms. The van der Waals surface area contributed by atoms with Crippen molar-refractivity contribution in [1.29, 1.82) is 0 Å². The van der Waals surface area contributed by atoms with Gasteiger partial charge in [-0.25, -0.2) is 14.5 Å². The SMILES string of the molecule is C=CCc1cc(/C=C2\C(=O)NC(=O)N(c3ccc(C)cc3)C2=O)cc(Br)c1OCC(=O)OC. The van der Waals surface area contributed by atoms with Gasteiger partial charge in [-0.15, -0.1) is 6.58 Å². The van der Waals surface area contributed by atoms with Crippen LogP contribution in [0.3, 0.4) is 0 Å². The first-order chi connectivity index (χ1) is 15.7. The fraction of sp³-hybridized carbons (Fsp3) is 0.167. The Morgan fingerprint density at radius 2 is 1.88 bits per heavy atom. The molecule has 1 N–H and O–H groups in total. The maximum atomic E-state index is 13.1. The monoisotopic (exact) mass is 512 g/mol. The van der Waals surface area contributed by atoms with Crippen molar-refractivity contribution in [2.45, 2.75) is 13.3 Å². The summed E-state index contributed by atoms with van der Waals surface area (Å²) in [6.45, 7) is 5.32. The molecular weight excluding hydrogens is 492 g/mol. The zero-order valence-electron chi connectivity index (χ0n) is 18.0. The maximum absolute atomic E-state index is 13.1. The zero-order chi connectivity index (χ0) is 24.1. The molecule has 2 aromatic rings. The van der Waals surface area contributed by atoms with Crippen LogP contribution in [0.4, 0.5) is 10.5 Å². The lowest BCUT2D eigenvalue weighted by atomic mass is 10.0. The molecule has 1 heterocycles. The molecule has 4 amide bonds. The predicted molar refractivity (Wildman–Crippen MR) is 126 cm³/mol. The van der Waals surface area contributed by atoms with Crippen LogP contribution in [0, 0.1) is 6.92 Å². The molecule has 0 aromatic heterocycles. The quantitative estimate of drug-likeness (QED) is 0.262. The molecular formula is C24H21BrN2O6. The van der Waals surface area contributed by atoms with Gasteiger partial charge in [0, 0.05) is 0 Å². The third-order valence-corrected chi connectivity index (χ3v) is 5.36. The van der Waals surface area contributed by atoms with Gasteiger partial charge in [0.15, 0.2) is 6.61 Å². The number of barbiturate groups is 1. The van der Waals surface area contributed by atoms with Gasteiger partial charge < -0.3 is 9.47 Å². The molecule has 33 heavy (non-hydrogen) atoms. The van der Waals surface area contributed by atoms with Crippen LogP contribution in [0.15, 0.2) is 59.1 Å². The smallest absolute Gasteiger partial charge is 0.343 e. The van der Waals surface area contributed by atoms with Crippen LogP contribution in [0.5, 0.6) is 5.75 Å². The number of carbonyl (C=O) groups excluding carboxylic acids is 4. The van der Waals surface area contributed by atoms with Crippen LogP contribution in [-0.4, -0.2) is 37.5 Å². The molecule has 1 aliphatic rings. The minimum absolute atomic E-state index is 0.199. The van der Waals surface area contributed by atoms with Gasteiger partial charge in [0.1, 0.15) is 11.3 Å². The van der Waals surface area contributed by atoms with E-state index in [2.05, 4.69) is 32.6 Å². The summed E-state index contributed by atoms with van der Waals surface area (Å²) in [5.41, 5.74) is 2.30. The number of imide groups is 2. The molecule has 2 aromatic carbocycles. The zero-order valence-corrected chi connectivity index (χ0v) is 19.6. The average Bonchev–Trinajstić information content (AvgIpc) is 2.77. The van der Waals surface area contributed by atoms with E-state index in [1.165, 1.54) is 13.2 Å². The molecule has 0 bridgehead atoms. The Labute approximate surface area is 199 Å². The number of allylic oxidation sites excluding steroid dienone is 1. The number of aryl methyl sites for hydroxylation is 1. The standard InChI is InChI=1S/C24H21BrN2O6/c1-4-5-16-10-15(12-19(25)21(16)33-13-20(28)32-3)11-18-22(29)26-24(31)27(23(18)30)17-8-6-14(2)7-9-17/h4,6-12H,1,5,13H2,2-3H3,(H,26,29,31)/b18-11+. The van der Waals surface area contributed by atoms with Crippen molar-refractivity contribution in [3.63, 3.8) is 0 Å². The van der Waals surface area contributed by atoms with E-state index < -0.39 is 23.8 Å². The number of esters is 1. The van der Waals surface area contributed by atoms with E-state index in [1.807, 2.05) is 6.92 Å². The molecule has 3 rings (SSSR count). The van der Waals surface area contributed by atoms with E-state index in [9.17, 15) is 19.2 Å². The number of hydrogen-bond donors (Lipinski definition) is 1. The highest BCUT2D eigenvalue weighted by Crippen LogP contribution is 2.33. The number of hydrogen-bond acceptors (Lipinski definition) is 6. The number of carbonyl (C=O) groups is 4. The van der Waals surface area contributed by atoms with Gasteiger partial charge >= 0.3 is 12.0 Å². The number of urea groups is 1. The summed E-state index contributed by atoms with van der Waals surface area (Å²) in [6, 6.07) is 9.33. The highest BCUT2D eigenvalue weighted by Gasteiger charge is 2.36.